The molecule has 0 amide bonds. The normalized spacial score (nSPS) is 15.3. The molecule has 4 aromatic heterocycles. The lowest BCUT2D eigenvalue weighted by atomic mass is 9.94. The Morgan fingerprint density at radius 1 is 0.800 bits per heavy atom. The van der Waals surface area contributed by atoms with Crippen molar-refractivity contribution in [3.8, 4) is 17.6 Å². The van der Waals surface area contributed by atoms with Gasteiger partial charge in [0.25, 0.3) is 5.56 Å². The topological polar surface area (TPSA) is 247 Å². The Morgan fingerprint density at radius 3 is 2.02 bits per heavy atom. The summed E-state index contributed by atoms with van der Waals surface area (Å²) in [6, 6.07) is 16.3. The van der Waals surface area contributed by atoms with E-state index in [0.29, 0.717) is 82.9 Å². The Labute approximate surface area is 343 Å². The van der Waals surface area contributed by atoms with E-state index in [0.717, 1.165) is 51.6 Å². The molecular formula is C41H46N13O6+. The first-order valence-electron chi connectivity index (χ1n) is 20.1. The summed E-state index contributed by atoms with van der Waals surface area (Å²) in [7, 11) is 0. The first-order valence-corrected chi connectivity index (χ1v) is 20.1. The highest BCUT2D eigenvalue weighted by Gasteiger charge is 2.27. The van der Waals surface area contributed by atoms with Gasteiger partial charge in [0, 0.05) is 44.0 Å². The van der Waals surface area contributed by atoms with Gasteiger partial charge in [-0.05, 0) is 80.1 Å². The van der Waals surface area contributed by atoms with Crippen molar-refractivity contribution < 1.29 is 24.4 Å². The lowest BCUT2D eigenvalue weighted by Crippen LogP contribution is -2.51. The number of fused-ring (bicyclic) bond motifs is 2. The third-order valence-electron chi connectivity index (χ3n) is 10.6. The van der Waals surface area contributed by atoms with E-state index in [1.54, 1.807) is 54.7 Å². The van der Waals surface area contributed by atoms with Gasteiger partial charge in [-0.25, -0.2) is 15.1 Å². The zero-order chi connectivity index (χ0) is 41.4. The van der Waals surface area contributed by atoms with Crippen LogP contribution in [0.15, 0.2) is 70.5 Å². The van der Waals surface area contributed by atoms with Gasteiger partial charge in [0.2, 0.25) is 18.1 Å². The number of rotatable bonds is 14. The molecule has 0 aliphatic carbocycles. The third kappa shape index (κ3) is 9.04. The highest BCUT2D eigenvalue weighted by Crippen LogP contribution is 2.30. The third-order valence-corrected chi connectivity index (χ3v) is 10.6. The van der Waals surface area contributed by atoms with E-state index in [1.165, 1.54) is 10.9 Å². The molecule has 0 spiro atoms. The number of hydrogen-bond donors (Lipinski definition) is 6. The SMILES string of the molecule is N#CCC1CCN(c2nc(Nc3ccc(OC(CO)[n+]4cc5nc(N6CCCCCC6)nc(Nc6ccc(OCCO)cc6)c5c(=O)[nH]4)cc3)c3c(=O)[nH]ncc3n2)CC1. The number of benzene rings is 2. The Hall–Kier alpha value is -6.91. The van der Waals surface area contributed by atoms with E-state index in [9.17, 15) is 14.7 Å². The molecule has 2 aliphatic rings. The number of ether oxygens (including phenoxy) is 2. The van der Waals surface area contributed by atoms with Crippen LogP contribution >= 0.6 is 0 Å². The molecule has 2 saturated heterocycles. The second-order valence-electron chi connectivity index (χ2n) is 14.8. The van der Waals surface area contributed by atoms with Crippen molar-refractivity contribution in [1.29, 1.82) is 5.26 Å². The maximum absolute atomic E-state index is 13.8. The zero-order valence-corrected chi connectivity index (χ0v) is 32.9. The molecule has 60 heavy (non-hydrogen) atoms. The van der Waals surface area contributed by atoms with Crippen LogP contribution in [0.5, 0.6) is 11.5 Å². The van der Waals surface area contributed by atoms with Crippen molar-refractivity contribution in [2.45, 2.75) is 51.2 Å². The van der Waals surface area contributed by atoms with Gasteiger partial charge >= 0.3 is 11.8 Å². The standard InChI is InChI=1S/C41H45N13O6/c42-16-13-26-14-19-53(20-15-26)40-46-31-23-43-50-38(57)34(31)36(48-40)44-28-7-11-30(12-8-28)60-33(25-56)54-24-32-35(39(58)51-54)37(45-27-5-9-29(10-6-27)59-22-21-55)49-41(47-32)52-17-3-1-2-4-18-52/h5-12,23-24,26,33,55-56H,1-4,13-15,17-22,25H2,(H3-,44,45,46,47,48,49,50,51,57,58)/p+1. The Kier molecular flexibility index (Phi) is 12.2. The first kappa shape index (κ1) is 39.9. The quantitative estimate of drug-likeness (QED) is 0.0860. The molecule has 6 N–H and O–H groups in total. The summed E-state index contributed by atoms with van der Waals surface area (Å²) in [5, 5.41) is 45.0. The molecule has 6 heterocycles. The number of nitrogens with zero attached hydrogens (tertiary/aromatic N) is 9. The van der Waals surface area contributed by atoms with Crippen molar-refractivity contribution in [2.75, 3.05) is 66.4 Å². The number of anilines is 6. The molecule has 2 aromatic carbocycles. The van der Waals surface area contributed by atoms with Crippen LogP contribution in [-0.2, 0) is 0 Å². The molecule has 19 nitrogen and oxygen atoms in total. The zero-order valence-electron chi connectivity index (χ0n) is 32.9. The summed E-state index contributed by atoms with van der Waals surface area (Å²) in [6.45, 7) is 2.54. The fourth-order valence-corrected chi connectivity index (χ4v) is 7.49. The van der Waals surface area contributed by atoms with Crippen molar-refractivity contribution in [2.24, 2.45) is 5.92 Å². The second-order valence-corrected chi connectivity index (χ2v) is 14.8. The number of H-pyrrole nitrogens is 2. The minimum atomic E-state index is -1.03. The minimum absolute atomic E-state index is 0.0973. The summed E-state index contributed by atoms with van der Waals surface area (Å²) in [5.74, 6) is 2.90. The number of aromatic amines is 2. The number of aromatic nitrogens is 8. The van der Waals surface area contributed by atoms with Crippen LogP contribution in [-0.4, -0.2) is 91.4 Å². The Balaban J connectivity index is 1.04. The maximum Gasteiger partial charge on any atom is 0.347 e. The van der Waals surface area contributed by atoms with Gasteiger partial charge in [-0.2, -0.15) is 20.3 Å². The van der Waals surface area contributed by atoms with Gasteiger partial charge in [-0.15, -0.1) is 5.10 Å². The highest BCUT2D eigenvalue weighted by atomic mass is 16.5. The monoisotopic (exact) mass is 816 g/mol. The summed E-state index contributed by atoms with van der Waals surface area (Å²) < 4.78 is 13.1. The number of aliphatic hydroxyl groups excluding tert-OH is 2. The van der Waals surface area contributed by atoms with Crippen LogP contribution < -0.4 is 45.7 Å². The van der Waals surface area contributed by atoms with Crippen LogP contribution in [0.1, 0.15) is 51.2 Å². The van der Waals surface area contributed by atoms with Gasteiger partial charge in [0.1, 0.15) is 58.2 Å². The molecule has 2 fully saturated rings. The van der Waals surface area contributed by atoms with Gasteiger partial charge in [0.15, 0.2) is 0 Å². The number of piperidine rings is 1. The molecule has 8 rings (SSSR count). The summed E-state index contributed by atoms with van der Waals surface area (Å²) in [4.78, 5) is 50.0. The van der Waals surface area contributed by atoms with E-state index >= 15 is 0 Å². The summed E-state index contributed by atoms with van der Waals surface area (Å²) >= 11 is 0. The van der Waals surface area contributed by atoms with Crippen LogP contribution in [0.2, 0.25) is 0 Å². The molecule has 310 valence electrons. The molecular weight excluding hydrogens is 771 g/mol. The van der Waals surface area contributed by atoms with Gasteiger partial charge < -0.3 is 40.1 Å². The van der Waals surface area contributed by atoms with Gasteiger partial charge in [0.05, 0.1) is 18.9 Å². The number of aliphatic hydroxyl groups is 2. The minimum Gasteiger partial charge on any atom is -0.491 e. The van der Waals surface area contributed by atoms with Crippen LogP contribution in [0.25, 0.3) is 21.8 Å². The van der Waals surface area contributed by atoms with E-state index in [-0.39, 0.29) is 24.0 Å². The number of hydrogen-bond acceptors (Lipinski definition) is 16. The van der Waals surface area contributed by atoms with Gasteiger partial charge in [-0.3, -0.25) is 9.59 Å². The molecule has 6 aromatic rings. The van der Waals surface area contributed by atoms with Crippen LogP contribution in [0, 0.1) is 17.2 Å². The molecule has 2 aliphatic heterocycles. The lowest BCUT2D eigenvalue weighted by molar-refractivity contribution is -0.805. The largest absolute Gasteiger partial charge is 0.491 e. The first-order chi connectivity index (χ1) is 29.4. The second kappa shape index (κ2) is 18.3. The fraction of sp³-hybridized carbons (Fsp3) is 0.390. The van der Waals surface area contributed by atoms with Crippen molar-refractivity contribution in [1.82, 2.24) is 35.2 Å². The van der Waals surface area contributed by atoms with E-state index in [4.69, 9.17) is 34.8 Å². The fourth-order valence-electron chi connectivity index (χ4n) is 7.49. The van der Waals surface area contributed by atoms with E-state index < -0.39 is 24.0 Å². The van der Waals surface area contributed by atoms with Gasteiger partial charge in [-0.1, -0.05) is 17.5 Å². The predicted molar refractivity (Wildman–Crippen MR) is 223 cm³/mol. The Morgan fingerprint density at radius 2 is 1.40 bits per heavy atom. The smallest absolute Gasteiger partial charge is 0.347 e. The lowest BCUT2D eigenvalue weighted by Gasteiger charge is -2.31. The molecule has 0 saturated carbocycles. The summed E-state index contributed by atoms with van der Waals surface area (Å²) in [6.07, 6.45) is 8.53. The Bertz CT molecular complexity index is 2580. The number of nitrogens with one attached hydrogen (secondary N) is 4. The predicted octanol–water partition coefficient (Wildman–Crippen LogP) is 3.57. The van der Waals surface area contributed by atoms with Crippen molar-refractivity contribution in [3.05, 3.63) is 81.6 Å². The average molecular weight is 817 g/mol. The van der Waals surface area contributed by atoms with Crippen LogP contribution in [0.4, 0.5) is 34.9 Å². The van der Waals surface area contributed by atoms with Crippen LogP contribution in [0.3, 0.4) is 0 Å². The van der Waals surface area contributed by atoms with E-state index in [2.05, 4.69) is 46.8 Å². The number of nitriles is 1. The van der Waals surface area contributed by atoms with E-state index in [1.807, 2.05) is 0 Å². The highest BCUT2D eigenvalue weighted by molar-refractivity contribution is 5.91. The average Bonchev–Trinajstić information content (AvgIpc) is 3.56. The molecule has 0 bridgehead atoms. The van der Waals surface area contributed by atoms with Crippen molar-refractivity contribution >= 4 is 56.7 Å². The summed E-state index contributed by atoms with van der Waals surface area (Å²) in [5.41, 5.74) is 1.09. The molecule has 19 heteroatoms. The maximum atomic E-state index is 13.8. The molecule has 0 radical (unpaired) electrons. The molecule has 1 unspecified atom stereocenters. The molecule has 1 atom stereocenters. The van der Waals surface area contributed by atoms with Crippen molar-refractivity contribution in [3.63, 3.8) is 0 Å².